The van der Waals surface area contributed by atoms with Crippen LogP contribution in [0, 0.1) is 0 Å². The van der Waals surface area contributed by atoms with Gasteiger partial charge >= 0.3 is 0 Å². The lowest BCUT2D eigenvalue weighted by Gasteiger charge is -2.28. The number of hydrogen-bond acceptors (Lipinski definition) is 3. The molecule has 110 valence electrons. The number of halogens is 2. The van der Waals surface area contributed by atoms with Crippen molar-refractivity contribution in [1.29, 1.82) is 0 Å². The Bertz CT molecular complexity index is 481. The summed E-state index contributed by atoms with van der Waals surface area (Å²) in [5.74, 6) is 0.150. The Kier molecular flexibility index (Phi) is 5.52. The average Bonchev–Trinajstić information content (AvgIpc) is 2.40. The molecule has 0 aliphatic heterocycles. The van der Waals surface area contributed by atoms with Gasteiger partial charge in [0, 0.05) is 5.02 Å². The number of aliphatic hydroxyl groups excluding tert-OH is 1. The fraction of sp³-hybridized carbons (Fsp3) is 0.500. The maximum absolute atomic E-state index is 11.8. The van der Waals surface area contributed by atoms with Gasteiger partial charge in [0.25, 0.3) is 5.91 Å². The molecule has 1 aromatic carbocycles. The van der Waals surface area contributed by atoms with Gasteiger partial charge in [0.2, 0.25) is 0 Å². The quantitative estimate of drug-likeness (QED) is 0.897. The maximum Gasteiger partial charge on any atom is 0.258 e. The minimum absolute atomic E-state index is 0.134. The van der Waals surface area contributed by atoms with Gasteiger partial charge in [-0.1, -0.05) is 36.0 Å². The molecule has 1 aliphatic carbocycles. The van der Waals surface area contributed by atoms with Crippen molar-refractivity contribution < 1.29 is 14.6 Å². The summed E-state index contributed by atoms with van der Waals surface area (Å²) in [6.07, 6.45) is 3.09. The largest absolute Gasteiger partial charge is 0.482 e. The van der Waals surface area contributed by atoms with Crippen molar-refractivity contribution in [3.05, 3.63) is 28.2 Å². The minimum atomic E-state index is -0.466. The van der Waals surface area contributed by atoms with Gasteiger partial charge in [0.1, 0.15) is 5.75 Å². The number of carbonyl (C=O) groups excluding carboxylic acids is 1. The zero-order chi connectivity index (χ0) is 14.5. The Morgan fingerprint density at radius 1 is 1.35 bits per heavy atom. The van der Waals surface area contributed by atoms with Crippen LogP contribution in [0.3, 0.4) is 0 Å². The number of benzene rings is 1. The lowest BCUT2D eigenvalue weighted by molar-refractivity contribution is -0.125. The number of rotatable bonds is 4. The molecule has 0 spiro atoms. The maximum atomic E-state index is 11.8. The zero-order valence-electron chi connectivity index (χ0n) is 10.9. The molecule has 1 saturated carbocycles. The molecule has 2 N–H and O–H groups in total. The summed E-state index contributed by atoms with van der Waals surface area (Å²) in [7, 11) is 0. The van der Waals surface area contributed by atoms with E-state index in [1.54, 1.807) is 18.2 Å². The smallest absolute Gasteiger partial charge is 0.258 e. The molecule has 0 bridgehead atoms. The van der Waals surface area contributed by atoms with Crippen molar-refractivity contribution in [2.24, 2.45) is 0 Å². The SMILES string of the molecule is O=C(COc1ccc(Cl)cc1Cl)NC1CCCCC1O. The van der Waals surface area contributed by atoms with Crippen LogP contribution in [0.5, 0.6) is 5.75 Å². The highest BCUT2D eigenvalue weighted by atomic mass is 35.5. The van der Waals surface area contributed by atoms with E-state index < -0.39 is 6.10 Å². The third kappa shape index (κ3) is 4.27. The average molecular weight is 318 g/mol. The summed E-state index contributed by atoms with van der Waals surface area (Å²) in [4.78, 5) is 11.8. The predicted octanol–water partition coefficient (Wildman–Crippen LogP) is 2.79. The summed E-state index contributed by atoms with van der Waals surface area (Å²) >= 11 is 11.7. The Morgan fingerprint density at radius 2 is 2.10 bits per heavy atom. The monoisotopic (exact) mass is 317 g/mol. The highest BCUT2D eigenvalue weighted by Crippen LogP contribution is 2.27. The molecule has 4 nitrogen and oxygen atoms in total. The number of nitrogens with one attached hydrogen (secondary N) is 1. The molecule has 1 fully saturated rings. The van der Waals surface area contributed by atoms with Crippen LogP contribution in [0.15, 0.2) is 18.2 Å². The molecule has 0 saturated heterocycles. The summed E-state index contributed by atoms with van der Waals surface area (Å²) < 4.78 is 5.35. The second-order valence-electron chi connectivity index (χ2n) is 4.89. The van der Waals surface area contributed by atoms with Crippen LogP contribution in [-0.4, -0.2) is 29.8 Å². The van der Waals surface area contributed by atoms with E-state index in [4.69, 9.17) is 27.9 Å². The second-order valence-corrected chi connectivity index (χ2v) is 5.73. The van der Waals surface area contributed by atoms with E-state index in [-0.39, 0.29) is 18.6 Å². The van der Waals surface area contributed by atoms with Crippen LogP contribution >= 0.6 is 23.2 Å². The van der Waals surface area contributed by atoms with Gasteiger partial charge in [-0.05, 0) is 31.0 Å². The first-order valence-corrected chi connectivity index (χ1v) is 7.37. The van der Waals surface area contributed by atoms with Crippen molar-refractivity contribution in [2.45, 2.75) is 37.8 Å². The van der Waals surface area contributed by atoms with Crippen LogP contribution in [0.1, 0.15) is 25.7 Å². The third-order valence-corrected chi connectivity index (χ3v) is 3.86. The molecule has 1 aliphatic rings. The molecule has 2 rings (SSSR count). The summed E-state index contributed by atoms with van der Waals surface area (Å²) in [6, 6.07) is 4.64. The fourth-order valence-corrected chi connectivity index (χ4v) is 2.73. The van der Waals surface area contributed by atoms with Crippen LogP contribution in [0.25, 0.3) is 0 Å². The van der Waals surface area contributed by atoms with E-state index in [0.29, 0.717) is 15.8 Å². The van der Waals surface area contributed by atoms with Crippen molar-refractivity contribution in [3.63, 3.8) is 0 Å². The summed E-state index contributed by atoms with van der Waals surface area (Å²) in [6.45, 7) is -0.134. The van der Waals surface area contributed by atoms with E-state index in [1.165, 1.54) is 0 Å². The topological polar surface area (TPSA) is 58.6 Å². The summed E-state index contributed by atoms with van der Waals surface area (Å²) in [5, 5.41) is 13.4. The third-order valence-electron chi connectivity index (χ3n) is 3.33. The van der Waals surface area contributed by atoms with E-state index >= 15 is 0 Å². The molecule has 0 heterocycles. The Balaban J connectivity index is 1.82. The van der Waals surface area contributed by atoms with Gasteiger partial charge in [0.15, 0.2) is 6.61 Å². The Hall–Kier alpha value is -0.970. The van der Waals surface area contributed by atoms with Crippen LogP contribution in [0.4, 0.5) is 0 Å². The Labute approximate surface area is 128 Å². The number of carbonyl (C=O) groups is 1. The molecular weight excluding hydrogens is 301 g/mol. The van der Waals surface area contributed by atoms with Crippen molar-refractivity contribution in [2.75, 3.05) is 6.61 Å². The van der Waals surface area contributed by atoms with E-state index in [9.17, 15) is 9.90 Å². The standard InChI is InChI=1S/C14H17Cl2NO3/c15-9-5-6-13(10(16)7-9)20-8-14(19)17-11-3-1-2-4-12(11)18/h5-7,11-12,18H,1-4,8H2,(H,17,19). The van der Waals surface area contributed by atoms with E-state index in [1.807, 2.05) is 0 Å². The molecule has 1 amide bonds. The molecule has 6 heteroatoms. The van der Waals surface area contributed by atoms with Gasteiger partial charge in [0.05, 0.1) is 17.2 Å². The van der Waals surface area contributed by atoms with Crippen LogP contribution < -0.4 is 10.1 Å². The lowest BCUT2D eigenvalue weighted by atomic mass is 9.92. The normalized spacial score (nSPS) is 22.4. The highest BCUT2D eigenvalue weighted by Gasteiger charge is 2.24. The van der Waals surface area contributed by atoms with E-state index in [2.05, 4.69) is 5.32 Å². The summed E-state index contributed by atoms with van der Waals surface area (Å²) in [5.41, 5.74) is 0. The molecular formula is C14H17Cl2NO3. The molecule has 2 atom stereocenters. The molecule has 20 heavy (non-hydrogen) atoms. The zero-order valence-corrected chi connectivity index (χ0v) is 12.5. The minimum Gasteiger partial charge on any atom is -0.482 e. The number of amides is 1. The predicted molar refractivity (Wildman–Crippen MR) is 78.4 cm³/mol. The van der Waals surface area contributed by atoms with Gasteiger partial charge in [-0.25, -0.2) is 0 Å². The number of hydrogen-bond donors (Lipinski definition) is 2. The van der Waals surface area contributed by atoms with Crippen molar-refractivity contribution in [1.82, 2.24) is 5.32 Å². The fourth-order valence-electron chi connectivity index (χ4n) is 2.26. The number of aliphatic hydroxyl groups is 1. The van der Waals surface area contributed by atoms with Crippen molar-refractivity contribution in [3.8, 4) is 5.75 Å². The van der Waals surface area contributed by atoms with Crippen molar-refractivity contribution >= 4 is 29.1 Å². The molecule has 2 unspecified atom stereocenters. The molecule has 0 radical (unpaired) electrons. The first kappa shape index (κ1) is 15.4. The van der Waals surface area contributed by atoms with Gasteiger partial charge < -0.3 is 15.2 Å². The van der Waals surface area contributed by atoms with Gasteiger partial charge in [-0.2, -0.15) is 0 Å². The van der Waals surface area contributed by atoms with Gasteiger partial charge in [-0.15, -0.1) is 0 Å². The van der Waals surface area contributed by atoms with Gasteiger partial charge in [-0.3, -0.25) is 4.79 Å². The highest BCUT2D eigenvalue weighted by molar-refractivity contribution is 6.35. The Morgan fingerprint density at radius 3 is 2.80 bits per heavy atom. The van der Waals surface area contributed by atoms with Crippen LogP contribution in [-0.2, 0) is 4.79 Å². The van der Waals surface area contributed by atoms with Crippen LogP contribution in [0.2, 0.25) is 10.0 Å². The second kappa shape index (κ2) is 7.16. The first-order valence-electron chi connectivity index (χ1n) is 6.61. The number of ether oxygens (including phenoxy) is 1. The molecule has 1 aromatic rings. The molecule has 0 aromatic heterocycles. The van der Waals surface area contributed by atoms with E-state index in [0.717, 1.165) is 25.7 Å². The lowest BCUT2D eigenvalue weighted by Crippen LogP contribution is -2.46. The first-order chi connectivity index (χ1) is 9.56.